The van der Waals surface area contributed by atoms with Gasteiger partial charge in [-0.3, -0.25) is 0 Å². The zero-order valence-electron chi connectivity index (χ0n) is 7.71. The van der Waals surface area contributed by atoms with Crippen molar-refractivity contribution < 1.29 is 8.81 Å². The van der Waals surface area contributed by atoms with E-state index in [4.69, 9.17) is 21.8 Å². The first-order valence-electron chi connectivity index (χ1n) is 4.31. The third-order valence-electron chi connectivity index (χ3n) is 1.94. The van der Waals surface area contributed by atoms with Crippen LogP contribution in [0.25, 0.3) is 11.5 Å². The van der Waals surface area contributed by atoms with Crippen LogP contribution in [0.4, 0.5) is 4.39 Å². The molecule has 0 saturated heterocycles. The maximum absolute atomic E-state index is 13.5. The van der Waals surface area contributed by atoms with E-state index in [9.17, 15) is 4.39 Å². The fourth-order valence-electron chi connectivity index (χ4n) is 1.19. The molecule has 0 bridgehead atoms. The Balaban J connectivity index is 2.49. The van der Waals surface area contributed by atoms with Crippen molar-refractivity contribution in [3.8, 4) is 11.5 Å². The van der Waals surface area contributed by atoms with Gasteiger partial charge in [-0.1, -0.05) is 17.7 Å². The Hall–Kier alpha value is -1.39. The van der Waals surface area contributed by atoms with Gasteiger partial charge in [0, 0.05) is 6.54 Å². The molecule has 0 radical (unpaired) electrons. The quantitative estimate of drug-likeness (QED) is 0.856. The molecule has 2 aromatic rings. The Kier molecular flexibility index (Phi) is 2.70. The maximum atomic E-state index is 13.5. The highest BCUT2D eigenvalue weighted by Gasteiger charge is 2.13. The normalized spacial score (nSPS) is 10.6. The van der Waals surface area contributed by atoms with E-state index in [1.165, 1.54) is 12.3 Å². The third-order valence-corrected chi connectivity index (χ3v) is 2.23. The van der Waals surface area contributed by atoms with Gasteiger partial charge in [-0.15, -0.1) is 0 Å². The smallest absolute Gasteiger partial charge is 0.229 e. The number of halogens is 2. The van der Waals surface area contributed by atoms with Gasteiger partial charge in [0.2, 0.25) is 5.89 Å². The highest BCUT2D eigenvalue weighted by Crippen LogP contribution is 2.26. The Bertz CT molecular complexity index is 484. The third kappa shape index (κ3) is 1.86. The first-order chi connectivity index (χ1) is 7.22. The summed E-state index contributed by atoms with van der Waals surface area (Å²) in [6.07, 6.45) is 1.40. The molecule has 0 saturated carbocycles. The van der Waals surface area contributed by atoms with Gasteiger partial charge in [0.1, 0.15) is 6.26 Å². The molecule has 0 spiro atoms. The largest absolute Gasteiger partial charge is 0.444 e. The second-order valence-corrected chi connectivity index (χ2v) is 3.36. The number of hydrogen-bond acceptors (Lipinski definition) is 3. The van der Waals surface area contributed by atoms with Crippen LogP contribution in [0.5, 0.6) is 0 Å². The molecule has 1 heterocycles. The van der Waals surface area contributed by atoms with Crippen LogP contribution in [0.3, 0.4) is 0 Å². The van der Waals surface area contributed by atoms with E-state index in [1.807, 2.05) is 0 Å². The van der Waals surface area contributed by atoms with Crippen LogP contribution in [0.15, 0.2) is 28.9 Å². The molecule has 3 nitrogen and oxygen atoms in total. The molecule has 1 aromatic carbocycles. The summed E-state index contributed by atoms with van der Waals surface area (Å²) in [6, 6.07) is 4.65. The summed E-state index contributed by atoms with van der Waals surface area (Å²) < 4.78 is 18.6. The second-order valence-electron chi connectivity index (χ2n) is 2.95. The first kappa shape index (κ1) is 10.1. The molecule has 0 unspecified atom stereocenters. The summed E-state index contributed by atoms with van der Waals surface area (Å²) in [5.41, 5.74) is 6.18. The Morgan fingerprint density at radius 1 is 1.47 bits per heavy atom. The van der Waals surface area contributed by atoms with Crippen molar-refractivity contribution in [3.05, 3.63) is 41.0 Å². The molecule has 5 heteroatoms. The van der Waals surface area contributed by atoms with Gasteiger partial charge in [0.05, 0.1) is 16.3 Å². The molecule has 0 aliphatic rings. The predicted octanol–water partition coefficient (Wildman–Crippen LogP) is 2.59. The molecule has 2 N–H and O–H groups in total. The Morgan fingerprint density at radius 2 is 2.27 bits per heavy atom. The zero-order valence-corrected chi connectivity index (χ0v) is 8.46. The molecule has 0 aliphatic heterocycles. The minimum atomic E-state index is -0.537. The summed E-state index contributed by atoms with van der Waals surface area (Å²) in [6.45, 7) is 0.256. The molecular formula is C10H8ClFN2O. The fraction of sp³-hybridized carbons (Fsp3) is 0.100. The Labute approximate surface area is 90.7 Å². The SMILES string of the molecule is NCc1coc(-c2cccc(Cl)c2F)n1. The number of hydrogen-bond donors (Lipinski definition) is 1. The summed E-state index contributed by atoms with van der Waals surface area (Å²) >= 11 is 5.64. The predicted molar refractivity (Wildman–Crippen MR) is 54.8 cm³/mol. The summed E-state index contributed by atoms with van der Waals surface area (Å²) in [5.74, 6) is -0.347. The van der Waals surface area contributed by atoms with Crippen molar-refractivity contribution in [2.24, 2.45) is 5.73 Å². The lowest BCUT2D eigenvalue weighted by molar-refractivity contribution is 0.560. The van der Waals surface area contributed by atoms with Crippen LogP contribution in [0, 0.1) is 5.82 Å². The first-order valence-corrected chi connectivity index (χ1v) is 4.69. The van der Waals surface area contributed by atoms with Crippen LogP contribution in [0.2, 0.25) is 5.02 Å². The van der Waals surface area contributed by atoms with Gasteiger partial charge in [0.25, 0.3) is 0 Å². The van der Waals surface area contributed by atoms with Crippen LogP contribution < -0.4 is 5.73 Å². The fourth-order valence-corrected chi connectivity index (χ4v) is 1.37. The molecule has 0 atom stereocenters. The summed E-state index contributed by atoms with van der Waals surface area (Å²) in [5, 5.41) is 0.0417. The lowest BCUT2D eigenvalue weighted by atomic mass is 10.2. The van der Waals surface area contributed by atoms with Gasteiger partial charge in [-0.2, -0.15) is 0 Å². The monoisotopic (exact) mass is 226 g/mol. The highest BCUT2D eigenvalue weighted by atomic mass is 35.5. The number of rotatable bonds is 2. The lowest BCUT2D eigenvalue weighted by Crippen LogP contribution is -1.96. The molecule has 0 amide bonds. The number of aromatic nitrogens is 1. The van der Waals surface area contributed by atoms with Crippen LogP contribution in [0.1, 0.15) is 5.69 Å². The highest BCUT2D eigenvalue weighted by molar-refractivity contribution is 6.31. The van der Waals surface area contributed by atoms with Crippen molar-refractivity contribution in [1.29, 1.82) is 0 Å². The van der Waals surface area contributed by atoms with Crippen molar-refractivity contribution in [2.45, 2.75) is 6.54 Å². The number of benzene rings is 1. The molecule has 15 heavy (non-hydrogen) atoms. The van der Waals surface area contributed by atoms with E-state index in [-0.39, 0.29) is 23.0 Å². The van der Waals surface area contributed by atoms with E-state index < -0.39 is 5.82 Å². The van der Waals surface area contributed by atoms with Crippen LogP contribution in [-0.2, 0) is 6.54 Å². The average molecular weight is 227 g/mol. The van der Waals surface area contributed by atoms with Crippen LogP contribution >= 0.6 is 11.6 Å². The zero-order chi connectivity index (χ0) is 10.8. The minimum Gasteiger partial charge on any atom is -0.444 e. The molecule has 0 fully saturated rings. The van der Waals surface area contributed by atoms with Gasteiger partial charge in [0.15, 0.2) is 5.82 Å². The minimum absolute atomic E-state index is 0.0417. The number of nitrogens with two attached hydrogens (primary N) is 1. The van der Waals surface area contributed by atoms with Crippen molar-refractivity contribution in [2.75, 3.05) is 0 Å². The van der Waals surface area contributed by atoms with Crippen LogP contribution in [-0.4, -0.2) is 4.98 Å². The van der Waals surface area contributed by atoms with E-state index in [2.05, 4.69) is 4.98 Å². The van der Waals surface area contributed by atoms with Crippen molar-refractivity contribution in [3.63, 3.8) is 0 Å². The molecule has 2 rings (SSSR count). The summed E-state index contributed by atoms with van der Waals surface area (Å²) in [7, 11) is 0. The molecule has 78 valence electrons. The van der Waals surface area contributed by atoms with Gasteiger partial charge in [-0.05, 0) is 12.1 Å². The second kappa shape index (κ2) is 4.00. The topological polar surface area (TPSA) is 52.0 Å². The number of nitrogens with zero attached hydrogens (tertiary/aromatic N) is 1. The maximum Gasteiger partial charge on any atom is 0.229 e. The van der Waals surface area contributed by atoms with E-state index in [0.717, 1.165) is 0 Å². The summed E-state index contributed by atoms with van der Waals surface area (Å²) in [4.78, 5) is 4.01. The molecular weight excluding hydrogens is 219 g/mol. The van der Waals surface area contributed by atoms with E-state index in [1.54, 1.807) is 12.1 Å². The standard InChI is InChI=1S/C10H8ClFN2O/c11-8-3-1-2-7(9(8)12)10-14-6(4-13)5-15-10/h1-3,5H,4,13H2. The molecule has 1 aromatic heterocycles. The van der Waals surface area contributed by atoms with Gasteiger partial charge in [-0.25, -0.2) is 9.37 Å². The van der Waals surface area contributed by atoms with E-state index in [0.29, 0.717) is 5.69 Å². The van der Waals surface area contributed by atoms with Crippen molar-refractivity contribution >= 4 is 11.6 Å². The lowest BCUT2D eigenvalue weighted by Gasteiger charge is -1.98. The van der Waals surface area contributed by atoms with Gasteiger partial charge >= 0.3 is 0 Å². The molecule has 0 aliphatic carbocycles. The van der Waals surface area contributed by atoms with Gasteiger partial charge < -0.3 is 10.2 Å². The average Bonchev–Trinajstić information content (AvgIpc) is 2.70. The number of oxazole rings is 1. The van der Waals surface area contributed by atoms with Crippen molar-refractivity contribution in [1.82, 2.24) is 4.98 Å². The van der Waals surface area contributed by atoms with E-state index >= 15 is 0 Å². The Morgan fingerprint density at radius 3 is 2.93 bits per heavy atom.